The van der Waals surface area contributed by atoms with Gasteiger partial charge < -0.3 is 9.88 Å². The molecule has 2 heterocycles. The zero-order valence-corrected chi connectivity index (χ0v) is 13.5. The summed E-state index contributed by atoms with van der Waals surface area (Å²) in [7, 11) is 0. The minimum absolute atomic E-state index is 0.0350. The zero-order valence-electron chi connectivity index (χ0n) is 13.5. The van der Waals surface area contributed by atoms with Crippen LogP contribution in [-0.4, -0.2) is 22.3 Å². The molecule has 4 rings (SSSR count). The van der Waals surface area contributed by atoms with Gasteiger partial charge in [0.1, 0.15) is 11.6 Å². The van der Waals surface area contributed by atoms with Crippen molar-refractivity contribution < 1.29 is 4.79 Å². The van der Waals surface area contributed by atoms with E-state index in [1.165, 1.54) is 0 Å². The minimum atomic E-state index is -0.366. The summed E-state index contributed by atoms with van der Waals surface area (Å²) in [5.74, 6) is -0.0350. The second-order valence-corrected chi connectivity index (χ2v) is 6.13. The van der Waals surface area contributed by atoms with E-state index in [0.717, 1.165) is 22.0 Å². The highest BCUT2D eigenvalue weighted by molar-refractivity contribution is 6.07. The number of carbonyl (C=O) groups is 1. The highest BCUT2D eigenvalue weighted by atomic mass is 16.2. The zero-order chi connectivity index (χ0) is 17.4. The highest BCUT2D eigenvalue weighted by Gasteiger charge is 2.24. The van der Waals surface area contributed by atoms with Crippen molar-refractivity contribution in [3.05, 3.63) is 81.3 Å². The third kappa shape index (κ3) is 2.58. The molecule has 0 radical (unpaired) electrons. The lowest BCUT2D eigenvalue weighted by Crippen LogP contribution is -2.37. The van der Waals surface area contributed by atoms with Crippen LogP contribution >= 0.6 is 0 Å². The van der Waals surface area contributed by atoms with Gasteiger partial charge in [-0.1, -0.05) is 36.4 Å². The van der Waals surface area contributed by atoms with Crippen molar-refractivity contribution in [2.24, 2.45) is 0 Å². The number of nitriles is 1. The van der Waals surface area contributed by atoms with E-state index in [2.05, 4.69) is 4.98 Å². The molecule has 1 aromatic heterocycles. The van der Waals surface area contributed by atoms with Crippen LogP contribution in [-0.2, 0) is 13.0 Å². The number of nitrogens with one attached hydrogen (secondary N) is 1. The van der Waals surface area contributed by atoms with Crippen LogP contribution in [0.25, 0.3) is 10.8 Å². The molecule has 0 saturated carbocycles. The molecule has 0 fully saturated rings. The summed E-state index contributed by atoms with van der Waals surface area (Å²) in [6, 6.07) is 17.0. The van der Waals surface area contributed by atoms with Crippen molar-refractivity contribution >= 4 is 16.7 Å². The molecule has 2 aromatic carbocycles. The maximum absolute atomic E-state index is 13.0. The van der Waals surface area contributed by atoms with Gasteiger partial charge in [-0.15, -0.1) is 0 Å². The number of aromatic nitrogens is 1. The number of amides is 1. The van der Waals surface area contributed by atoms with E-state index in [1.54, 1.807) is 11.0 Å². The van der Waals surface area contributed by atoms with Crippen molar-refractivity contribution in [3.8, 4) is 6.07 Å². The van der Waals surface area contributed by atoms with Gasteiger partial charge in [0.05, 0.1) is 0 Å². The summed E-state index contributed by atoms with van der Waals surface area (Å²) in [5.41, 5.74) is 2.03. The smallest absolute Gasteiger partial charge is 0.266 e. The predicted molar refractivity (Wildman–Crippen MR) is 94.2 cm³/mol. The molecule has 1 N–H and O–H groups in total. The Kier molecular flexibility index (Phi) is 3.58. The first-order valence-electron chi connectivity index (χ1n) is 8.09. The SMILES string of the molecule is N#Cc1cc2c([nH]c1=O)CCN(C(=O)c1cccc3ccccc13)C2. The van der Waals surface area contributed by atoms with Gasteiger partial charge in [0.2, 0.25) is 0 Å². The lowest BCUT2D eigenvalue weighted by molar-refractivity contribution is 0.0735. The van der Waals surface area contributed by atoms with Gasteiger partial charge in [0.25, 0.3) is 11.5 Å². The normalized spacial score (nSPS) is 13.3. The van der Waals surface area contributed by atoms with E-state index in [9.17, 15) is 9.59 Å². The van der Waals surface area contributed by atoms with Crippen LogP contribution in [0.15, 0.2) is 53.3 Å². The van der Waals surface area contributed by atoms with E-state index in [4.69, 9.17) is 5.26 Å². The molecule has 1 amide bonds. The van der Waals surface area contributed by atoms with Crippen LogP contribution < -0.4 is 5.56 Å². The maximum Gasteiger partial charge on any atom is 0.266 e. The fourth-order valence-corrected chi connectivity index (χ4v) is 3.35. The van der Waals surface area contributed by atoms with Crippen molar-refractivity contribution in [3.63, 3.8) is 0 Å². The van der Waals surface area contributed by atoms with Gasteiger partial charge in [0, 0.05) is 30.8 Å². The topological polar surface area (TPSA) is 77.0 Å². The molecule has 0 spiro atoms. The fourth-order valence-electron chi connectivity index (χ4n) is 3.35. The average molecular weight is 329 g/mol. The molecule has 25 heavy (non-hydrogen) atoms. The van der Waals surface area contributed by atoms with Crippen LogP contribution in [0.4, 0.5) is 0 Å². The van der Waals surface area contributed by atoms with Crippen molar-refractivity contribution in [1.82, 2.24) is 9.88 Å². The second kappa shape index (κ2) is 5.91. The number of rotatable bonds is 1. The summed E-state index contributed by atoms with van der Waals surface area (Å²) in [6.07, 6.45) is 0.576. The molecule has 0 bridgehead atoms. The lowest BCUT2D eigenvalue weighted by atomic mass is 10.0. The first-order chi connectivity index (χ1) is 12.2. The molecule has 0 unspecified atom stereocenters. The Labute approximate surface area is 144 Å². The number of H-pyrrole nitrogens is 1. The molecule has 122 valence electrons. The minimum Gasteiger partial charge on any atom is -0.334 e. The highest BCUT2D eigenvalue weighted by Crippen LogP contribution is 2.23. The Morgan fingerprint density at radius 2 is 1.96 bits per heavy atom. The third-order valence-electron chi connectivity index (χ3n) is 4.64. The van der Waals surface area contributed by atoms with Gasteiger partial charge >= 0.3 is 0 Å². The fraction of sp³-hybridized carbons (Fsp3) is 0.150. The third-order valence-corrected chi connectivity index (χ3v) is 4.64. The first kappa shape index (κ1) is 15.2. The largest absolute Gasteiger partial charge is 0.334 e. The summed E-state index contributed by atoms with van der Waals surface area (Å²) in [6.45, 7) is 0.930. The van der Waals surface area contributed by atoms with Gasteiger partial charge in [-0.3, -0.25) is 9.59 Å². The number of carbonyl (C=O) groups excluding carboxylic acids is 1. The first-order valence-corrected chi connectivity index (χ1v) is 8.09. The number of fused-ring (bicyclic) bond motifs is 2. The van der Waals surface area contributed by atoms with E-state index in [-0.39, 0.29) is 17.0 Å². The molecular formula is C20H15N3O2. The number of aromatic amines is 1. The Morgan fingerprint density at radius 1 is 1.16 bits per heavy atom. The van der Waals surface area contributed by atoms with Crippen LogP contribution in [0.5, 0.6) is 0 Å². The van der Waals surface area contributed by atoms with E-state index in [0.29, 0.717) is 25.1 Å². The van der Waals surface area contributed by atoms with E-state index >= 15 is 0 Å². The van der Waals surface area contributed by atoms with Crippen LogP contribution in [0.2, 0.25) is 0 Å². The summed E-state index contributed by atoms with van der Waals surface area (Å²) >= 11 is 0. The predicted octanol–water partition coefficient (Wildman–Crippen LogP) is 2.60. The van der Waals surface area contributed by atoms with Gasteiger partial charge in [-0.05, 0) is 28.5 Å². The average Bonchev–Trinajstić information content (AvgIpc) is 2.66. The molecule has 1 aliphatic heterocycles. The Bertz CT molecular complexity index is 1090. The Balaban J connectivity index is 1.71. The van der Waals surface area contributed by atoms with Crippen LogP contribution in [0.1, 0.15) is 27.2 Å². The van der Waals surface area contributed by atoms with E-state index in [1.807, 2.05) is 48.5 Å². The molecule has 1 aliphatic rings. The Morgan fingerprint density at radius 3 is 2.80 bits per heavy atom. The van der Waals surface area contributed by atoms with Crippen molar-refractivity contribution in [2.75, 3.05) is 6.54 Å². The Hall–Kier alpha value is -3.39. The summed E-state index contributed by atoms with van der Waals surface area (Å²) in [4.78, 5) is 29.3. The van der Waals surface area contributed by atoms with Crippen LogP contribution in [0, 0.1) is 11.3 Å². The molecule has 5 nitrogen and oxygen atoms in total. The molecule has 0 saturated heterocycles. The van der Waals surface area contributed by atoms with Crippen LogP contribution in [0.3, 0.4) is 0 Å². The molecule has 0 aliphatic carbocycles. The number of nitrogens with zero attached hydrogens (tertiary/aromatic N) is 2. The molecule has 0 atom stereocenters. The lowest BCUT2D eigenvalue weighted by Gasteiger charge is -2.29. The standard InChI is InChI=1S/C20H15N3O2/c21-11-14-10-15-12-23(9-8-18(15)22-19(14)24)20(25)17-7-3-5-13-4-1-2-6-16(13)17/h1-7,10H,8-9,12H2,(H,22,24). The van der Waals surface area contributed by atoms with E-state index < -0.39 is 0 Å². The number of benzene rings is 2. The van der Waals surface area contributed by atoms with Gasteiger partial charge in [-0.25, -0.2) is 0 Å². The quantitative estimate of drug-likeness (QED) is 0.745. The molecule has 3 aromatic rings. The summed E-state index contributed by atoms with van der Waals surface area (Å²) in [5, 5.41) is 11.0. The molecular weight excluding hydrogens is 314 g/mol. The number of hydrogen-bond acceptors (Lipinski definition) is 3. The summed E-state index contributed by atoms with van der Waals surface area (Å²) < 4.78 is 0. The second-order valence-electron chi connectivity index (χ2n) is 6.13. The maximum atomic E-state index is 13.0. The number of hydrogen-bond donors (Lipinski definition) is 1. The van der Waals surface area contributed by atoms with Gasteiger partial charge in [-0.2, -0.15) is 5.26 Å². The van der Waals surface area contributed by atoms with Crippen molar-refractivity contribution in [1.29, 1.82) is 5.26 Å². The monoisotopic (exact) mass is 329 g/mol. The van der Waals surface area contributed by atoms with Crippen molar-refractivity contribution in [2.45, 2.75) is 13.0 Å². The number of pyridine rings is 1. The van der Waals surface area contributed by atoms with Gasteiger partial charge in [0.15, 0.2) is 0 Å². The molecule has 5 heteroatoms.